The molecule has 3 heterocycles. The Hall–Kier alpha value is -3.56. The van der Waals surface area contributed by atoms with Crippen molar-refractivity contribution < 1.29 is 22.7 Å². The number of amides is 1. The van der Waals surface area contributed by atoms with Crippen LogP contribution in [0.3, 0.4) is 0 Å². The molecule has 2 aromatic heterocycles. The first-order valence-electron chi connectivity index (χ1n) is 11.1. The zero-order chi connectivity index (χ0) is 24.0. The highest BCUT2D eigenvalue weighted by molar-refractivity contribution is 5.93. The van der Waals surface area contributed by atoms with Crippen molar-refractivity contribution in [3.63, 3.8) is 0 Å². The summed E-state index contributed by atoms with van der Waals surface area (Å²) < 4.78 is 51.7. The molecule has 10 heteroatoms. The standard InChI is InChI=1S/C24H23F3N4O3/c1-15-13-30(14-28-15)18-5-6-19-22(32)29(9-10-31(19)23(18)33)11-12-34-20-7-4-17(25)16-3-2-8-24(26,27)21(16)20/h4-7,13-14H,2-3,8-12H2,1H3. The third-order valence-corrected chi connectivity index (χ3v) is 6.36. The average molecular weight is 472 g/mol. The molecule has 0 unspecified atom stereocenters. The fourth-order valence-corrected chi connectivity index (χ4v) is 4.67. The quantitative estimate of drug-likeness (QED) is 0.571. The molecule has 0 N–H and O–H groups in total. The van der Waals surface area contributed by atoms with E-state index in [1.807, 2.05) is 6.92 Å². The molecule has 178 valence electrons. The number of hydrogen-bond donors (Lipinski definition) is 0. The highest BCUT2D eigenvalue weighted by Gasteiger charge is 2.41. The second kappa shape index (κ2) is 8.34. The fraction of sp³-hybridized carbons (Fsp3) is 0.375. The van der Waals surface area contributed by atoms with Gasteiger partial charge >= 0.3 is 0 Å². The van der Waals surface area contributed by atoms with Crippen molar-refractivity contribution in [3.8, 4) is 11.4 Å². The molecule has 1 amide bonds. The van der Waals surface area contributed by atoms with Crippen LogP contribution in [-0.2, 0) is 18.9 Å². The van der Waals surface area contributed by atoms with E-state index in [0.717, 1.165) is 11.8 Å². The van der Waals surface area contributed by atoms with Gasteiger partial charge in [0.15, 0.2) is 0 Å². The summed E-state index contributed by atoms with van der Waals surface area (Å²) in [6, 6.07) is 5.54. The van der Waals surface area contributed by atoms with Gasteiger partial charge in [-0.05, 0) is 44.0 Å². The highest BCUT2D eigenvalue weighted by Crippen LogP contribution is 2.45. The Kier molecular flexibility index (Phi) is 5.45. The van der Waals surface area contributed by atoms with Gasteiger partial charge in [0, 0.05) is 31.3 Å². The maximum atomic E-state index is 14.5. The summed E-state index contributed by atoms with van der Waals surface area (Å²) >= 11 is 0. The maximum absolute atomic E-state index is 14.5. The number of aromatic nitrogens is 3. The van der Waals surface area contributed by atoms with E-state index in [0.29, 0.717) is 12.2 Å². The van der Waals surface area contributed by atoms with Crippen LogP contribution >= 0.6 is 0 Å². The lowest BCUT2D eigenvalue weighted by Crippen LogP contribution is -2.46. The highest BCUT2D eigenvalue weighted by atomic mass is 19.3. The molecule has 0 radical (unpaired) electrons. The van der Waals surface area contributed by atoms with E-state index >= 15 is 0 Å². The van der Waals surface area contributed by atoms with Crippen molar-refractivity contribution >= 4 is 5.91 Å². The predicted octanol–water partition coefficient (Wildman–Crippen LogP) is 3.44. The van der Waals surface area contributed by atoms with E-state index in [1.165, 1.54) is 15.5 Å². The largest absolute Gasteiger partial charge is 0.491 e. The molecule has 2 aliphatic rings. The number of halogens is 3. The number of imidazole rings is 1. The third-order valence-electron chi connectivity index (χ3n) is 6.36. The number of hydrogen-bond acceptors (Lipinski definition) is 4. The summed E-state index contributed by atoms with van der Waals surface area (Å²) in [5.41, 5.74) is 0.741. The zero-order valence-electron chi connectivity index (χ0n) is 18.6. The van der Waals surface area contributed by atoms with Crippen LogP contribution in [0.4, 0.5) is 13.2 Å². The van der Waals surface area contributed by atoms with Crippen LogP contribution < -0.4 is 10.3 Å². The summed E-state index contributed by atoms with van der Waals surface area (Å²) in [7, 11) is 0. The van der Waals surface area contributed by atoms with Crippen molar-refractivity contribution in [2.45, 2.75) is 38.7 Å². The number of fused-ring (bicyclic) bond motifs is 2. The lowest BCUT2D eigenvalue weighted by Gasteiger charge is -2.30. The molecule has 0 atom stereocenters. The van der Waals surface area contributed by atoms with Crippen LogP contribution in [0, 0.1) is 12.7 Å². The molecule has 0 saturated carbocycles. The van der Waals surface area contributed by atoms with E-state index < -0.39 is 11.7 Å². The lowest BCUT2D eigenvalue weighted by molar-refractivity contribution is -0.0250. The number of aryl methyl sites for hydroxylation is 1. The smallest absolute Gasteiger partial charge is 0.277 e. The van der Waals surface area contributed by atoms with E-state index in [9.17, 15) is 22.8 Å². The van der Waals surface area contributed by atoms with E-state index in [-0.39, 0.29) is 73.0 Å². The van der Waals surface area contributed by atoms with Crippen LogP contribution in [0.1, 0.15) is 40.2 Å². The first kappa shape index (κ1) is 22.2. The summed E-state index contributed by atoms with van der Waals surface area (Å²) in [6.07, 6.45) is 3.38. The molecule has 5 rings (SSSR count). The van der Waals surface area contributed by atoms with E-state index in [1.54, 1.807) is 29.2 Å². The zero-order valence-corrected chi connectivity index (χ0v) is 18.6. The summed E-state index contributed by atoms with van der Waals surface area (Å²) in [4.78, 5) is 31.5. The van der Waals surface area contributed by atoms with Gasteiger partial charge in [-0.1, -0.05) is 0 Å². The molecule has 0 saturated heterocycles. The lowest BCUT2D eigenvalue weighted by atomic mass is 9.87. The van der Waals surface area contributed by atoms with Gasteiger partial charge in [0.1, 0.15) is 29.6 Å². The maximum Gasteiger partial charge on any atom is 0.277 e. The molecular weight excluding hydrogens is 449 g/mol. The van der Waals surface area contributed by atoms with Gasteiger partial charge in [0.05, 0.1) is 24.1 Å². The van der Waals surface area contributed by atoms with E-state index in [4.69, 9.17) is 4.74 Å². The minimum absolute atomic E-state index is 0.00000781. The predicted molar refractivity (Wildman–Crippen MR) is 117 cm³/mol. The number of ether oxygens (including phenoxy) is 1. The summed E-state index contributed by atoms with van der Waals surface area (Å²) in [5, 5.41) is 0. The number of carbonyl (C=O) groups excluding carboxylic acids is 1. The molecule has 0 spiro atoms. The first-order chi connectivity index (χ1) is 16.3. The minimum atomic E-state index is -3.16. The van der Waals surface area contributed by atoms with Crippen LogP contribution in [0.15, 0.2) is 41.6 Å². The Morgan fingerprint density at radius 3 is 2.74 bits per heavy atom. The SMILES string of the molecule is Cc1cn(-c2ccc3n(c2=O)CCN(CCOc2ccc(F)c4c2C(F)(F)CCC4)C3=O)cn1. The molecule has 34 heavy (non-hydrogen) atoms. The number of carbonyl (C=O) groups is 1. The number of nitrogens with zero attached hydrogens (tertiary/aromatic N) is 4. The fourth-order valence-electron chi connectivity index (χ4n) is 4.67. The van der Waals surface area contributed by atoms with Crippen molar-refractivity contribution in [1.29, 1.82) is 0 Å². The van der Waals surface area contributed by atoms with Gasteiger partial charge in [-0.15, -0.1) is 0 Å². The second-order valence-electron chi connectivity index (χ2n) is 8.58. The summed E-state index contributed by atoms with van der Waals surface area (Å²) in [5.74, 6) is -4.20. The van der Waals surface area contributed by atoms with Crippen molar-refractivity contribution in [1.82, 2.24) is 19.0 Å². The topological polar surface area (TPSA) is 69.4 Å². The van der Waals surface area contributed by atoms with E-state index in [2.05, 4.69) is 4.98 Å². The minimum Gasteiger partial charge on any atom is -0.491 e. The van der Waals surface area contributed by atoms with Gasteiger partial charge in [0.2, 0.25) is 0 Å². The third kappa shape index (κ3) is 3.76. The van der Waals surface area contributed by atoms with Crippen molar-refractivity contribution in [2.24, 2.45) is 0 Å². The van der Waals surface area contributed by atoms with Gasteiger partial charge in [0.25, 0.3) is 17.4 Å². The van der Waals surface area contributed by atoms with Crippen molar-refractivity contribution in [3.05, 3.63) is 75.5 Å². The Morgan fingerprint density at radius 2 is 1.97 bits per heavy atom. The molecule has 7 nitrogen and oxygen atoms in total. The van der Waals surface area contributed by atoms with Crippen LogP contribution in [0.5, 0.6) is 5.75 Å². The Bertz CT molecular complexity index is 1330. The van der Waals surface area contributed by atoms with Crippen LogP contribution in [0.2, 0.25) is 0 Å². The van der Waals surface area contributed by atoms with Gasteiger partial charge in [-0.3, -0.25) is 9.59 Å². The molecular formula is C24H23F3N4O3. The monoisotopic (exact) mass is 472 g/mol. The number of benzene rings is 1. The van der Waals surface area contributed by atoms with Crippen molar-refractivity contribution in [2.75, 3.05) is 19.7 Å². The van der Waals surface area contributed by atoms with Gasteiger partial charge < -0.3 is 18.8 Å². The number of pyridine rings is 1. The molecule has 0 bridgehead atoms. The normalized spacial score (nSPS) is 16.8. The van der Waals surface area contributed by atoms with Gasteiger partial charge in [-0.25, -0.2) is 18.2 Å². The second-order valence-corrected chi connectivity index (χ2v) is 8.58. The summed E-state index contributed by atoms with van der Waals surface area (Å²) in [6.45, 7) is 2.51. The molecule has 1 aliphatic carbocycles. The molecule has 3 aromatic rings. The van der Waals surface area contributed by atoms with Gasteiger partial charge in [-0.2, -0.15) is 0 Å². The first-order valence-corrected chi connectivity index (χ1v) is 11.1. The number of rotatable bonds is 5. The van der Waals surface area contributed by atoms with Crippen LogP contribution in [0.25, 0.3) is 5.69 Å². The molecule has 1 aromatic carbocycles. The average Bonchev–Trinajstić information content (AvgIpc) is 3.23. The Labute approximate surface area is 193 Å². The Balaban J connectivity index is 1.31. The number of alkyl halides is 2. The Morgan fingerprint density at radius 1 is 1.15 bits per heavy atom. The molecule has 0 fully saturated rings. The molecule has 1 aliphatic heterocycles. The van der Waals surface area contributed by atoms with Crippen LogP contribution in [-0.4, -0.2) is 44.6 Å².